The van der Waals surface area contributed by atoms with Gasteiger partial charge >= 0.3 is 0 Å². The van der Waals surface area contributed by atoms with Crippen LogP contribution in [0.25, 0.3) is 0 Å². The van der Waals surface area contributed by atoms with Gasteiger partial charge < -0.3 is 10.1 Å². The minimum Gasteiger partial charge on any atom is -0.497 e. The highest BCUT2D eigenvalue weighted by Crippen LogP contribution is 2.22. The average Bonchev–Trinajstić information content (AvgIpc) is 2.64. The lowest BCUT2D eigenvalue weighted by molar-refractivity contribution is -0.120. The number of para-hydroxylation sites is 1. The van der Waals surface area contributed by atoms with Crippen LogP contribution in [0.15, 0.2) is 48.5 Å². The number of benzene rings is 2. The number of halogens is 1. The van der Waals surface area contributed by atoms with Crippen molar-refractivity contribution in [2.75, 3.05) is 24.2 Å². The third-order valence-electron chi connectivity index (χ3n) is 4.07. The Bertz CT molecular complexity index is 885. The number of anilines is 1. The molecule has 8 heteroatoms. The van der Waals surface area contributed by atoms with E-state index < -0.39 is 28.3 Å². The minimum absolute atomic E-state index is 0.160. The number of rotatable bonds is 8. The molecule has 2 aromatic rings. The van der Waals surface area contributed by atoms with Crippen LogP contribution in [0.2, 0.25) is 0 Å². The van der Waals surface area contributed by atoms with Crippen LogP contribution in [-0.4, -0.2) is 34.2 Å². The molecule has 0 heterocycles. The molecule has 2 rings (SSSR count). The summed E-state index contributed by atoms with van der Waals surface area (Å²) >= 11 is 0. The van der Waals surface area contributed by atoms with Crippen LogP contribution < -0.4 is 14.4 Å². The lowest BCUT2D eigenvalue weighted by Gasteiger charge is -2.24. The fourth-order valence-electron chi connectivity index (χ4n) is 2.66. The fraction of sp³-hybridized carbons (Fsp3) is 0.316. The molecule has 6 nitrogen and oxygen atoms in total. The number of ether oxygens (including phenoxy) is 1. The first-order valence-corrected chi connectivity index (χ1v) is 10.3. The maximum Gasteiger partial charge on any atom is 0.241 e. The first kappa shape index (κ1) is 20.7. The Kier molecular flexibility index (Phi) is 6.79. The molecule has 0 unspecified atom stereocenters. The van der Waals surface area contributed by atoms with Gasteiger partial charge in [0.25, 0.3) is 0 Å². The molecule has 1 atom stereocenters. The van der Waals surface area contributed by atoms with Gasteiger partial charge in [0, 0.05) is 0 Å². The first-order valence-electron chi connectivity index (χ1n) is 8.41. The van der Waals surface area contributed by atoms with Crippen molar-refractivity contribution in [1.29, 1.82) is 0 Å². The third-order valence-corrected chi connectivity index (χ3v) is 5.20. The number of sulfonamides is 1. The molecule has 0 bridgehead atoms. The van der Waals surface area contributed by atoms with Crippen molar-refractivity contribution in [3.05, 3.63) is 59.9 Å². The maximum atomic E-state index is 14.0. The normalized spacial score (nSPS) is 12.3. The Morgan fingerprint density at radius 2 is 1.81 bits per heavy atom. The van der Waals surface area contributed by atoms with Crippen LogP contribution in [0.1, 0.15) is 24.9 Å². The van der Waals surface area contributed by atoms with Crippen LogP contribution in [0.4, 0.5) is 10.1 Å². The summed E-state index contributed by atoms with van der Waals surface area (Å²) in [6, 6.07) is 12.4. The van der Waals surface area contributed by atoms with Gasteiger partial charge in [-0.3, -0.25) is 9.10 Å². The lowest BCUT2D eigenvalue weighted by atomic mass is 10.0. The zero-order valence-electron chi connectivity index (χ0n) is 15.5. The highest BCUT2D eigenvalue weighted by atomic mass is 32.2. The van der Waals surface area contributed by atoms with Crippen molar-refractivity contribution in [2.45, 2.75) is 19.4 Å². The number of nitrogens with one attached hydrogen (secondary N) is 1. The Balaban J connectivity index is 2.18. The van der Waals surface area contributed by atoms with E-state index in [1.54, 1.807) is 19.2 Å². The zero-order valence-corrected chi connectivity index (χ0v) is 16.3. The summed E-state index contributed by atoms with van der Waals surface area (Å²) in [7, 11) is -2.27. The van der Waals surface area contributed by atoms with Gasteiger partial charge in [-0.15, -0.1) is 0 Å². The van der Waals surface area contributed by atoms with E-state index in [0.29, 0.717) is 12.2 Å². The van der Waals surface area contributed by atoms with Gasteiger partial charge in [0.1, 0.15) is 18.1 Å². The van der Waals surface area contributed by atoms with E-state index in [-0.39, 0.29) is 11.7 Å². The monoisotopic (exact) mass is 394 g/mol. The summed E-state index contributed by atoms with van der Waals surface area (Å²) in [4.78, 5) is 12.5. The van der Waals surface area contributed by atoms with Crippen LogP contribution in [-0.2, 0) is 14.8 Å². The molecule has 0 spiro atoms. The molecule has 0 aliphatic rings. The van der Waals surface area contributed by atoms with Crippen molar-refractivity contribution in [3.63, 3.8) is 0 Å². The lowest BCUT2D eigenvalue weighted by Crippen LogP contribution is -2.41. The van der Waals surface area contributed by atoms with Gasteiger partial charge in [-0.1, -0.05) is 31.2 Å². The number of amides is 1. The van der Waals surface area contributed by atoms with Crippen molar-refractivity contribution >= 4 is 21.6 Å². The van der Waals surface area contributed by atoms with Crippen LogP contribution in [0.3, 0.4) is 0 Å². The predicted molar refractivity (Wildman–Crippen MR) is 103 cm³/mol. The topological polar surface area (TPSA) is 75.7 Å². The molecule has 2 aromatic carbocycles. The summed E-state index contributed by atoms with van der Waals surface area (Å²) in [5.74, 6) is -0.535. The van der Waals surface area contributed by atoms with Crippen LogP contribution in [0.5, 0.6) is 5.75 Å². The van der Waals surface area contributed by atoms with Gasteiger partial charge in [-0.25, -0.2) is 12.8 Å². The highest BCUT2D eigenvalue weighted by Gasteiger charge is 2.24. The quantitative estimate of drug-likeness (QED) is 0.747. The molecule has 27 heavy (non-hydrogen) atoms. The Labute approximate surface area is 159 Å². The molecule has 0 fully saturated rings. The summed E-state index contributed by atoms with van der Waals surface area (Å²) in [6.07, 6.45) is 1.55. The summed E-state index contributed by atoms with van der Waals surface area (Å²) < 4.78 is 44.1. The standard InChI is InChI=1S/C19H23FN2O4S/c1-4-17(14-9-11-15(26-2)12-10-14)21-19(23)13-22(27(3,24)25)18-8-6-5-7-16(18)20/h5-12,17H,4,13H2,1-3H3,(H,21,23)/t17-/m0/s1. The second-order valence-electron chi connectivity index (χ2n) is 6.02. The van der Waals surface area contributed by atoms with Crippen LogP contribution in [0, 0.1) is 5.82 Å². The van der Waals surface area contributed by atoms with Gasteiger partial charge in [-0.2, -0.15) is 0 Å². The van der Waals surface area contributed by atoms with Crippen molar-refractivity contribution in [3.8, 4) is 5.75 Å². The number of methoxy groups -OCH3 is 1. The van der Waals surface area contributed by atoms with Gasteiger partial charge in [0.05, 0.1) is 25.1 Å². The zero-order chi connectivity index (χ0) is 20.0. The minimum atomic E-state index is -3.84. The van der Waals surface area contributed by atoms with Crippen LogP contribution >= 0.6 is 0 Å². The second kappa shape index (κ2) is 8.85. The van der Waals surface area contributed by atoms with E-state index in [9.17, 15) is 17.6 Å². The number of hydrogen-bond acceptors (Lipinski definition) is 4. The Morgan fingerprint density at radius 3 is 2.33 bits per heavy atom. The number of hydrogen-bond donors (Lipinski definition) is 1. The summed E-state index contributed by atoms with van der Waals surface area (Å²) in [6.45, 7) is 1.40. The van der Waals surface area contributed by atoms with Gasteiger partial charge in [-0.05, 0) is 36.2 Å². The average molecular weight is 394 g/mol. The van der Waals surface area contributed by atoms with Gasteiger partial charge in [0.15, 0.2) is 0 Å². The molecule has 146 valence electrons. The van der Waals surface area contributed by atoms with E-state index in [4.69, 9.17) is 4.74 Å². The molecule has 0 saturated carbocycles. The van der Waals surface area contributed by atoms with Crippen molar-refractivity contribution in [1.82, 2.24) is 5.32 Å². The summed E-state index contributed by atoms with van der Waals surface area (Å²) in [5, 5.41) is 2.80. The molecule has 0 aliphatic carbocycles. The number of nitrogens with zero attached hydrogens (tertiary/aromatic N) is 1. The van der Waals surface area contributed by atoms with Gasteiger partial charge in [0.2, 0.25) is 15.9 Å². The van der Waals surface area contributed by atoms with E-state index >= 15 is 0 Å². The van der Waals surface area contributed by atoms with E-state index in [1.165, 1.54) is 18.2 Å². The Morgan fingerprint density at radius 1 is 1.19 bits per heavy atom. The molecular formula is C19H23FN2O4S. The van der Waals surface area contributed by atoms with Crippen molar-refractivity contribution < 1.29 is 22.3 Å². The van der Waals surface area contributed by atoms with E-state index in [2.05, 4.69) is 5.32 Å². The first-order chi connectivity index (χ1) is 12.8. The van der Waals surface area contributed by atoms with E-state index in [0.717, 1.165) is 22.2 Å². The molecule has 0 radical (unpaired) electrons. The van der Waals surface area contributed by atoms with E-state index in [1.807, 2.05) is 19.1 Å². The fourth-order valence-corrected chi connectivity index (χ4v) is 3.52. The second-order valence-corrected chi connectivity index (χ2v) is 7.93. The maximum absolute atomic E-state index is 14.0. The smallest absolute Gasteiger partial charge is 0.241 e. The molecule has 0 aliphatic heterocycles. The highest BCUT2D eigenvalue weighted by molar-refractivity contribution is 7.92. The molecule has 1 amide bonds. The third kappa shape index (κ3) is 5.43. The Hall–Kier alpha value is -2.61. The molecular weight excluding hydrogens is 371 g/mol. The molecule has 0 aromatic heterocycles. The number of carbonyl (C=O) groups is 1. The summed E-state index contributed by atoms with van der Waals surface area (Å²) in [5.41, 5.74) is 0.705. The largest absolute Gasteiger partial charge is 0.497 e. The molecule has 1 N–H and O–H groups in total. The van der Waals surface area contributed by atoms with Crippen molar-refractivity contribution in [2.24, 2.45) is 0 Å². The predicted octanol–water partition coefficient (Wildman–Crippen LogP) is 2.87. The number of carbonyl (C=O) groups excluding carboxylic acids is 1. The molecule has 0 saturated heterocycles. The SMILES string of the molecule is CC[C@H](NC(=O)CN(c1ccccc1F)S(C)(=O)=O)c1ccc(OC)cc1.